The highest BCUT2D eigenvalue weighted by Gasteiger charge is 2.37. The van der Waals surface area contributed by atoms with Crippen molar-refractivity contribution in [3.05, 3.63) is 29.8 Å². The summed E-state index contributed by atoms with van der Waals surface area (Å²) in [6.07, 6.45) is 1.27. The molecule has 2 aliphatic rings. The molecule has 2 aliphatic heterocycles. The molecule has 4 amide bonds. The Hall–Kier alpha value is -2.02. The third-order valence-corrected chi connectivity index (χ3v) is 5.74. The predicted octanol–water partition coefficient (Wildman–Crippen LogP) is 3.68. The second-order valence-electron chi connectivity index (χ2n) is 7.79. The number of piperidine rings is 1. The Morgan fingerprint density at radius 1 is 1.12 bits per heavy atom. The molecule has 2 saturated heterocycles. The van der Waals surface area contributed by atoms with Gasteiger partial charge in [0.1, 0.15) is 0 Å². The molecule has 7 heteroatoms. The van der Waals surface area contributed by atoms with E-state index in [9.17, 15) is 14.4 Å². The van der Waals surface area contributed by atoms with Crippen LogP contribution in [0.4, 0.5) is 15.3 Å². The van der Waals surface area contributed by atoms with E-state index in [1.165, 1.54) is 10.5 Å². The lowest BCUT2D eigenvalue weighted by Gasteiger charge is -2.35. The maximum absolute atomic E-state index is 12.5. The number of rotatable bonds is 2. The van der Waals surface area contributed by atoms with Crippen molar-refractivity contribution in [2.24, 2.45) is 0 Å². The first-order chi connectivity index (χ1) is 12.3. The highest BCUT2D eigenvalue weighted by Crippen LogP contribution is 2.27. The number of hydrogen-bond acceptors (Lipinski definition) is 4. The molecular formula is C19H25N3O3S. The number of nitrogens with zero attached hydrogens (tertiary/aromatic N) is 2. The van der Waals surface area contributed by atoms with Crippen LogP contribution < -0.4 is 5.32 Å². The van der Waals surface area contributed by atoms with Crippen molar-refractivity contribution in [1.82, 2.24) is 9.80 Å². The van der Waals surface area contributed by atoms with Crippen LogP contribution in [0.2, 0.25) is 0 Å². The fourth-order valence-corrected chi connectivity index (χ4v) is 4.08. The standard InChI is InChI=1S/C19H25N3O3S/c1-19(2,3)13-4-6-14(7-5-13)20-17(24)21-10-8-15(9-11-21)22-16(23)12-26-18(22)25/h4-7,15H,8-12H2,1-3H3,(H,20,24). The Morgan fingerprint density at radius 3 is 2.23 bits per heavy atom. The molecule has 0 bridgehead atoms. The number of thioether (sulfide) groups is 1. The van der Waals surface area contributed by atoms with E-state index >= 15 is 0 Å². The number of hydrogen-bond donors (Lipinski definition) is 1. The number of carbonyl (C=O) groups is 3. The first-order valence-electron chi connectivity index (χ1n) is 8.91. The molecule has 2 fully saturated rings. The molecule has 2 heterocycles. The van der Waals surface area contributed by atoms with Crippen LogP contribution in [0.1, 0.15) is 39.2 Å². The van der Waals surface area contributed by atoms with E-state index in [2.05, 4.69) is 26.1 Å². The minimum Gasteiger partial charge on any atom is -0.324 e. The number of anilines is 1. The van der Waals surface area contributed by atoms with Crippen molar-refractivity contribution in [3.63, 3.8) is 0 Å². The molecule has 0 aliphatic carbocycles. The van der Waals surface area contributed by atoms with Crippen LogP contribution >= 0.6 is 11.8 Å². The lowest BCUT2D eigenvalue weighted by molar-refractivity contribution is -0.126. The van der Waals surface area contributed by atoms with Crippen molar-refractivity contribution < 1.29 is 14.4 Å². The monoisotopic (exact) mass is 375 g/mol. The van der Waals surface area contributed by atoms with Crippen molar-refractivity contribution in [3.8, 4) is 0 Å². The number of imide groups is 1. The zero-order valence-corrected chi connectivity index (χ0v) is 16.3. The summed E-state index contributed by atoms with van der Waals surface area (Å²) < 4.78 is 0. The smallest absolute Gasteiger partial charge is 0.321 e. The third-order valence-electron chi connectivity index (χ3n) is 4.90. The zero-order valence-electron chi connectivity index (χ0n) is 15.4. The summed E-state index contributed by atoms with van der Waals surface area (Å²) in [5, 5.41) is 2.77. The van der Waals surface area contributed by atoms with E-state index < -0.39 is 0 Å². The normalized spacial score (nSPS) is 19.2. The first-order valence-corrected chi connectivity index (χ1v) is 9.89. The number of likely N-dealkylation sites (tertiary alicyclic amines) is 1. The van der Waals surface area contributed by atoms with Crippen LogP contribution in [-0.4, -0.2) is 51.9 Å². The lowest BCUT2D eigenvalue weighted by atomic mass is 9.87. The molecule has 0 saturated carbocycles. The molecule has 1 aromatic carbocycles. The number of carbonyl (C=O) groups excluding carboxylic acids is 3. The molecule has 6 nitrogen and oxygen atoms in total. The topological polar surface area (TPSA) is 69.7 Å². The Kier molecular flexibility index (Phi) is 5.27. The Labute approximate surface area is 158 Å². The summed E-state index contributed by atoms with van der Waals surface area (Å²) in [6.45, 7) is 7.54. The minimum atomic E-state index is -0.156. The maximum atomic E-state index is 12.5. The molecule has 1 aromatic rings. The zero-order chi connectivity index (χ0) is 18.9. The van der Waals surface area contributed by atoms with Gasteiger partial charge in [-0.15, -0.1) is 0 Å². The van der Waals surface area contributed by atoms with E-state index in [4.69, 9.17) is 0 Å². The first kappa shape index (κ1) is 18.8. The van der Waals surface area contributed by atoms with Gasteiger partial charge in [0.05, 0.1) is 5.75 Å². The van der Waals surface area contributed by atoms with E-state index in [0.717, 1.165) is 17.4 Å². The fourth-order valence-electron chi connectivity index (χ4n) is 3.30. The average Bonchev–Trinajstić information content (AvgIpc) is 2.93. The lowest BCUT2D eigenvalue weighted by Crippen LogP contribution is -2.49. The summed E-state index contributed by atoms with van der Waals surface area (Å²) in [7, 11) is 0. The number of nitrogens with one attached hydrogen (secondary N) is 1. The summed E-state index contributed by atoms with van der Waals surface area (Å²) >= 11 is 1.06. The van der Waals surface area contributed by atoms with Gasteiger partial charge < -0.3 is 10.2 Å². The molecule has 0 aromatic heterocycles. The van der Waals surface area contributed by atoms with Crippen molar-refractivity contribution in [2.45, 2.75) is 45.1 Å². The van der Waals surface area contributed by atoms with Crippen molar-refractivity contribution in [2.75, 3.05) is 24.2 Å². The van der Waals surface area contributed by atoms with Gasteiger partial charge in [0.2, 0.25) is 5.91 Å². The van der Waals surface area contributed by atoms with Crippen LogP contribution in [-0.2, 0) is 10.2 Å². The van der Waals surface area contributed by atoms with E-state index in [1.807, 2.05) is 24.3 Å². The molecule has 26 heavy (non-hydrogen) atoms. The molecular weight excluding hydrogens is 350 g/mol. The van der Waals surface area contributed by atoms with Gasteiger partial charge >= 0.3 is 6.03 Å². The van der Waals surface area contributed by atoms with Gasteiger partial charge in [-0.1, -0.05) is 44.7 Å². The molecule has 0 unspecified atom stereocenters. The van der Waals surface area contributed by atoms with Crippen LogP contribution in [0.15, 0.2) is 24.3 Å². The largest absolute Gasteiger partial charge is 0.324 e. The quantitative estimate of drug-likeness (QED) is 0.856. The van der Waals surface area contributed by atoms with Gasteiger partial charge in [-0.3, -0.25) is 14.5 Å². The van der Waals surface area contributed by atoms with Crippen LogP contribution in [0, 0.1) is 0 Å². The van der Waals surface area contributed by atoms with Crippen molar-refractivity contribution >= 4 is 34.6 Å². The molecule has 0 radical (unpaired) electrons. The van der Waals surface area contributed by atoms with Gasteiger partial charge in [0.25, 0.3) is 5.24 Å². The van der Waals surface area contributed by atoms with Gasteiger partial charge in [-0.05, 0) is 36.0 Å². The van der Waals surface area contributed by atoms with E-state index in [-0.39, 0.29) is 34.4 Å². The Morgan fingerprint density at radius 2 is 1.73 bits per heavy atom. The number of amides is 4. The summed E-state index contributed by atoms with van der Waals surface area (Å²) in [6, 6.07) is 7.68. The van der Waals surface area contributed by atoms with Crippen LogP contribution in [0.5, 0.6) is 0 Å². The molecule has 1 N–H and O–H groups in total. The predicted molar refractivity (Wildman–Crippen MR) is 103 cm³/mol. The number of urea groups is 1. The number of benzene rings is 1. The van der Waals surface area contributed by atoms with Gasteiger partial charge in [0.15, 0.2) is 0 Å². The van der Waals surface area contributed by atoms with Gasteiger partial charge in [0, 0.05) is 24.8 Å². The Balaban J connectivity index is 1.54. The van der Waals surface area contributed by atoms with E-state index in [1.54, 1.807) is 4.90 Å². The van der Waals surface area contributed by atoms with Gasteiger partial charge in [-0.25, -0.2) is 4.79 Å². The highest BCUT2D eigenvalue weighted by molar-refractivity contribution is 8.14. The summed E-state index contributed by atoms with van der Waals surface area (Å²) in [4.78, 5) is 39.2. The minimum absolute atomic E-state index is 0.0765. The average molecular weight is 375 g/mol. The van der Waals surface area contributed by atoms with E-state index in [0.29, 0.717) is 25.9 Å². The summed E-state index contributed by atoms with van der Waals surface area (Å²) in [5.41, 5.74) is 2.06. The highest BCUT2D eigenvalue weighted by atomic mass is 32.2. The molecule has 140 valence electrons. The van der Waals surface area contributed by atoms with Crippen LogP contribution in [0.25, 0.3) is 0 Å². The summed E-state index contributed by atoms with van der Waals surface area (Å²) in [5.74, 6) is 0.131. The third kappa shape index (κ3) is 4.03. The molecule has 0 spiro atoms. The Bertz CT molecular complexity index is 688. The SMILES string of the molecule is CC(C)(C)c1ccc(NC(=O)N2CCC(N3C(=O)CSC3=O)CC2)cc1. The maximum Gasteiger partial charge on any atom is 0.321 e. The molecule has 3 rings (SSSR count). The van der Waals surface area contributed by atoms with Gasteiger partial charge in [-0.2, -0.15) is 0 Å². The second-order valence-corrected chi connectivity index (χ2v) is 8.72. The van der Waals surface area contributed by atoms with Crippen LogP contribution in [0.3, 0.4) is 0 Å². The van der Waals surface area contributed by atoms with Crippen molar-refractivity contribution in [1.29, 1.82) is 0 Å². The second kappa shape index (κ2) is 7.31. The fraction of sp³-hybridized carbons (Fsp3) is 0.526. The molecule has 0 atom stereocenters.